The van der Waals surface area contributed by atoms with Gasteiger partial charge in [-0.1, -0.05) is 222 Å². The highest BCUT2D eigenvalue weighted by molar-refractivity contribution is 7.45. The summed E-state index contributed by atoms with van der Waals surface area (Å²) in [6, 6.07) is -0.897. The van der Waals surface area contributed by atoms with Gasteiger partial charge in [0.05, 0.1) is 33.8 Å². The standard InChI is InChI=1S/C62H113N2O7P/c1-7-10-13-16-19-22-25-27-29-30-31-32-33-34-35-36-39-42-45-48-51-54-61(65)63-59(58-70-72(67,68)69-57-56-64(4,5)6)60(53-50-47-44-41-38-24-21-18-15-12-9-3)71-62(66)55-52-49-46-43-40-37-28-26-23-20-17-14-11-8-2/h11,14,19-20,22-23,27,29,31-32,50,53,59-60H,7-10,12-13,15-18,21,24-26,28,30,33-49,51-52,54-58H2,1-6H3,(H-,63,65,67,68)/b14-11+,22-19-,23-20+,29-27-,32-31-,53-50-. The van der Waals surface area contributed by atoms with E-state index in [0.29, 0.717) is 17.4 Å². The first-order chi connectivity index (χ1) is 34.9. The number of allylic oxidation sites excluding steroid dienone is 11. The van der Waals surface area contributed by atoms with Gasteiger partial charge in [0.1, 0.15) is 19.3 Å². The molecule has 9 nitrogen and oxygen atoms in total. The van der Waals surface area contributed by atoms with Gasteiger partial charge < -0.3 is 28.5 Å². The fraction of sp³-hybridized carbons (Fsp3) is 0.774. The monoisotopic (exact) mass is 1030 g/mol. The van der Waals surface area contributed by atoms with Crippen molar-refractivity contribution in [2.24, 2.45) is 0 Å². The minimum Gasteiger partial charge on any atom is -0.756 e. The Labute approximate surface area is 444 Å². The molecule has 0 aromatic heterocycles. The molecule has 0 aromatic rings. The molecule has 0 spiro atoms. The summed E-state index contributed by atoms with van der Waals surface area (Å²) in [5.41, 5.74) is 0. The third kappa shape index (κ3) is 52.3. The Bertz CT molecular complexity index is 1460. The van der Waals surface area contributed by atoms with E-state index in [2.05, 4.69) is 86.8 Å². The maximum absolute atomic E-state index is 13.5. The summed E-state index contributed by atoms with van der Waals surface area (Å²) in [5.74, 6) is -0.560. The lowest BCUT2D eigenvalue weighted by Gasteiger charge is -2.30. The van der Waals surface area contributed by atoms with E-state index < -0.39 is 26.6 Å². The molecule has 3 unspecified atom stereocenters. The molecule has 0 heterocycles. The third-order valence-corrected chi connectivity index (χ3v) is 13.8. The average molecular weight is 1030 g/mol. The second kappa shape index (κ2) is 51.9. The van der Waals surface area contributed by atoms with E-state index in [1.807, 2.05) is 33.3 Å². The normalized spacial score (nSPS) is 14.3. The summed E-state index contributed by atoms with van der Waals surface area (Å²) in [6.45, 7) is 6.69. The van der Waals surface area contributed by atoms with Gasteiger partial charge in [-0.15, -0.1) is 0 Å². The van der Waals surface area contributed by atoms with Crippen molar-refractivity contribution in [2.45, 2.75) is 270 Å². The Morgan fingerprint density at radius 1 is 0.500 bits per heavy atom. The van der Waals surface area contributed by atoms with Gasteiger partial charge in [-0.05, 0) is 96.0 Å². The molecule has 0 saturated heterocycles. The highest BCUT2D eigenvalue weighted by Crippen LogP contribution is 2.38. The van der Waals surface area contributed by atoms with Crippen molar-refractivity contribution < 1.29 is 37.3 Å². The van der Waals surface area contributed by atoms with Crippen LogP contribution in [-0.4, -0.2) is 69.4 Å². The Hall–Kier alpha value is -2.55. The molecule has 0 fully saturated rings. The third-order valence-electron chi connectivity index (χ3n) is 12.9. The van der Waals surface area contributed by atoms with Gasteiger partial charge in [-0.25, -0.2) is 0 Å². The molecule has 0 saturated carbocycles. The zero-order valence-corrected chi connectivity index (χ0v) is 48.5. The molecule has 0 rings (SSSR count). The van der Waals surface area contributed by atoms with Crippen molar-refractivity contribution >= 4 is 19.7 Å². The fourth-order valence-corrected chi connectivity index (χ4v) is 8.99. The first-order valence-electron chi connectivity index (χ1n) is 29.7. The van der Waals surface area contributed by atoms with E-state index in [-0.39, 0.29) is 24.9 Å². The van der Waals surface area contributed by atoms with E-state index in [4.69, 9.17) is 13.8 Å². The maximum Gasteiger partial charge on any atom is 0.306 e. The Morgan fingerprint density at radius 3 is 1.36 bits per heavy atom. The van der Waals surface area contributed by atoms with Crippen LogP contribution < -0.4 is 10.2 Å². The van der Waals surface area contributed by atoms with E-state index >= 15 is 0 Å². The van der Waals surface area contributed by atoms with E-state index in [1.165, 1.54) is 116 Å². The number of nitrogens with one attached hydrogen (secondary N) is 1. The second-order valence-corrected chi connectivity index (χ2v) is 22.5. The molecule has 418 valence electrons. The number of phosphoric acid groups is 1. The lowest BCUT2D eigenvalue weighted by Crippen LogP contribution is -2.47. The lowest BCUT2D eigenvalue weighted by atomic mass is 10.0. The van der Waals surface area contributed by atoms with Crippen molar-refractivity contribution in [1.29, 1.82) is 0 Å². The van der Waals surface area contributed by atoms with Gasteiger partial charge in [0.15, 0.2) is 0 Å². The Kier molecular flexibility index (Phi) is 50.1. The molecule has 0 aliphatic carbocycles. The summed E-state index contributed by atoms with van der Waals surface area (Å²) < 4.78 is 30.2. The predicted octanol–water partition coefficient (Wildman–Crippen LogP) is 17.4. The van der Waals surface area contributed by atoms with Crippen LogP contribution in [0.4, 0.5) is 0 Å². The Balaban J connectivity index is 5.25. The zero-order valence-electron chi connectivity index (χ0n) is 47.6. The van der Waals surface area contributed by atoms with Gasteiger partial charge in [0, 0.05) is 12.8 Å². The van der Waals surface area contributed by atoms with Crippen LogP contribution in [-0.2, 0) is 27.9 Å². The number of phosphoric ester groups is 1. The molecule has 10 heteroatoms. The molecule has 72 heavy (non-hydrogen) atoms. The molecule has 0 radical (unpaired) electrons. The van der Waals surface area contributed by atoms with Crippen LogP contribution in [0.3, 0.4) is 0 Å². The van der Waals surface area contributed by atoms with Gasteiger partial charge in [-0.2, -0.15) is 0 Å². The highest BCUT2D eigenvalue weighted by Gasteiger charge is 2.27. The van der Waals surface area contributed by atoms with Crippen LogP contribution in [0.15, 0.2) is 72.9 Å². The van der Waals surface area contributed by atoms with Crippen LogP contribution in [0.2, 0.25) is 0 Å². The first kappa shape index (κ1) is 69.5. The van der Waals surface area contributed by atoms with Crippen LogP contribution in [0.5, 0.6) is 0 Å². The number of esters is 1. The number of carbonyl (C=O) groups is 2. The summed E-state index contributed by atoms with van der Waals surface area (Å²) >= 11 is 0. The molecule has 0 aliphatic rings. The van der Waals surface area contributed by atoms with Gasteiger partial charge in [0.25, 0.3) is 7.82 Å². The first-order valence-corrected chi connectivity index (χ1v) is 31.2. The summed E-state index contributed by atoms with van der Waals surface area (Å²) in [6.07, 6.45) is 65.8. The topological polar surface area (TPSA) is 114 Å². The molecule has 1 amide bonds. The van der Waals surface area contributed by atoms with Gasteiger partial charge in [0.2, 0.25) is 5.91 Å². The number of nitrogens with zero attached hydrogens (tertiary/aromatic N) is 1. The molecule has 0 aliphatic heterocycles. The van der Waals surface area contributed by atoms with Crippen LogP contribution in [0.25, 0.3) is 0 Å². The predicted molar refractivity (Wildman–Crippen MR) is 307 cm³/mol. The number of quaternary nitrogens is 1. The molecular weight excluding hydrogens is 916 g/mol. The molecule has 3 atom stereocenters. The molecule has 1 N–H and O–H groups in total. The number of unbranched alkanes of at least 4 members (excludes halogenated alkanes) is 27. The summed E-state index contributed by atoms with van der Waals surface area (Å²) in [5, 5.41) is 3.02. The number of hydrogen-bond acceptors (Lipinski definition) is 7. The van der Waals surface area contributed by atoms with Crippen molar-refractivity contribution in [3.63, 3.8) is 0 Å². The van der Waals surface area contributed by atoms with Crippen molar-refractivity contribution in [3.05, 3.63) is 72.9 Å². The van der Waals surface area contributed by atoms with E-state index in [1.54, 1.807) is 0 Å². The maximum atomic E-state index is 13.5. The number of rotatable bonds is 53. The van der Waals surface area contributed by atoms with Gasteiger partial charge >= 0.3 is 5.97 Å². The largest absolute Gasteiger partial charge is 0.756 e. The SMILES string of the molecule is CC/C=C/C/C=C/CCCCCCCCCC(=O)OC(/C=C\CCCCCCCCCCC)C(COP(=O)([O-])OCC[N+](C)(C)C)NC(=O)CCCCCCCCCC/C=C\C/C=C\C/C=C\CCCCC. The smallest absolute Gasteiger partial charge is 0.306 e. The van der Waals surface area contributed by atoms with Crippen molar-refractivity contribution in [1.82, 2.24) is 5.32 Å². The number of likely N-dealkylation sites (N-methyl/N-ethyl adjacent to an activating group) is 1. The van der Waals surface area contributed by atoms with E-state index in [9.17, 15) is 19.0 Å². The van der Waals surface area contributed by atoms with Crippen molar-refractivity contribution in [3.8, 4) is 0 Å². The minimum absolute atomic E-state index is 0.0276. The highest BCUT2D eigenvalue weighted by atomic mass is 31.2. The number of carbonyl (C=O) groups excluding carboxylic acids is 2. The van der Waals surface area contributed by atoms with Crippen molar-refractivity contribution in [2.75, 3.05) is 40.9 Å². The van der Waals surface area contributed by atoms with Crippen LogP contribution in [0.1, 0.15) is 258 Å². The number of ether oxygens (including phenoxy) is 1. The Morgan fingerprint density at radius 2 is 0.889 bits per heavy atom. The quantitative estimate of drug-likeness (QED) is 0.0212. The fourth-order valence-electron chi connectivity index (χ4n) is 8.27. The number of amides is 1. The lowest BCUT2D eigenvalue weighted by molar-refractivity contribution is -0.870. The van der Waals surface area contributed by atoms with Crippen LogP contribution >= 0.6 is 7.82 Å². The molecule has 0 aromatic carbocycles. The molecular formula is C62H113N2O7P. The average Bonchev–Trinajstić information content (AvgIpc) is 3.34. The minimum atomic E-state index is -4.70. The second-order valence-electron chi connectivity index (χ2n) is 21.1. The summed E-state index contributed by atoms with van der Waals surface area (Å²) in [7, 11) is 1.17. The zero-order chi connectivity index (χ0) is 52.9. The van der Waals surface area contributed by atoms with Crippen LogP contribution in [0, 0.1) is 0 Å². The van der Waals surface area contributed by atoms with Gasteiger partial charge in [-0.3, -0.25) is 14.2 Å². The van der Waals surface area contributed by atoms with E-state index in [0.717, 1.165) is 109 Å². The molecule has 0 bridgehead atoms. The summed E-state index contributed by atoms with van der Waals surface area (Å²) in [4.78, 5) is 39.9. The number of hydrogen-bond donors (Lipinski definition) is 1.